The first-order chi connectivity index (χ1) is 24.4. The van der Waals surface area contributed by atoms with Gasteiger partial charge in [0.25, 0.3) is 0 Å². The van der Waals surface area contributed by atoms with Crippen molar-refractivity contribution < 1.29 is 4.48 Å². The third-order valence-electron chi connectivity index (χ3n) is 11.1. The molecule has 2 heteroatoms. The summed E-state index contributed by atoms with van der Waals surface area (Å²) in [6, 6.07) is 28.8. The van der Waals surface area contributed by atoms with Crippen molar-refractivity contribution in [3.05, 3.63) is 89.5 Å². The van der Waals surface area contributed by atoms with Crippen molar-refractivity contribution in [2.24, 2.45) is 0 Å². The van der Waals surface area contributed by atoms with Crippen LogP contribution in [0.1, 0.15) is 178 Å². The van der Waals surface area contributed by atoms with Crippen molar-refractivity contribution in [1.29, 1.82) is 0 Å². The van der Waals surface area contributed by atoms with E-state index in [-0.39, 0.29) is 16.2 Å². The molecular weight excluding hydrogens is 647 g/mol. The molecule has 0 aromatic heterocycles. The Morgan fingerprint density at radius 3 is 0.788 bits per heavy atom. The summed E-state index contributed by atoms with van der Waals surface area (Å²) >= 11 is 0. The lowest BCUT2D eigenvalue weighted by Gasteiger charge is -2.42. The second kappa shape index (κ2) is 21.2. The van der Waals surface area contributed by atoms with E-state index >= 15 is 0 Å². The van der Waals surface area contributed by atoms with Crippen LogP contribution >= 0.6 is 10.0 Å². The van der Waals surface area contributed by atoms with Crippen molar-refractivity contribution in [3.63, 3.8) is 0 Å². The Bertz CT molecular complexity index is 1200. The number of nitrogens with zero attached hydrogens (tertiary/aromatic N) is 1. The predicted octanol–water partition coefficient (Wildman–Crippen LogP) is 15.7. The maximum Gasteiger partial charge on any atom is 0.0786 e. The maximum atomic E-state index is 2.43. The highest BCUT2D eigenvalue weighted by molar-refractivity contribution is 8.33. The van der Waals surface area contributed by atoms with Crippen LogP contribution in [0.15, 0.2) is 87.5 Å². The zero-order chi connectivity index (χ0) is 39.1. The van der Waals surface area contributed by atoms with Gasteiger partial charge in [-0.1, -0.05) is 165 Å². The third-order valence-corrected chi connectivity index (χ3v) is 15.2. The highest BCUT2D eigenvalue weighted by Gasteiger charge is 2.32. The largest absolute Gasteiger partial charge is 0.324 e. The normalized spacial score (nSPS) is 13.1. The van der Waals surface area contributed by atoms with Crippen molar-refractivity contribution >= 4 is 10.0 Å². The minimum Gasteiger partial charge on any atom is -0.324 e. The molecule has 3 aromatic carbocycles. The highest BCUT2D eigenvalue weighted by Crippen LogP contribution is 2.69. The van der Waals surface area contributed by atoms with Gasteiger partial charge in [-0.15, -0.1) is 0 Å². The van der Waals surface area contributed by atoms with Crippen LogP contribution < -0.4 is 0 Å². The molecule has 0 N–H and O–H groups in total. The zero-order valence-corrected chi connectivity index (χ0v) is 37.7. The molecule has 0 aliphatic heterocycles. The second-order valence-electron chi connectivity index (χ2n) is 18.8. The molecule has 3 aromatic rings. The molecule has 0 spiro atoms. The predicted molar refractivity (Wildman–Crippen MR) is 237 cm³/mol. The number of benzene rings is 3. The lowest BCUT2D eigenvalue weighted by molar-refractivity contribution is -0.929. The van der Waals surface area contributed by atoms with Gasteiger partial charge in [-0.3, -0.25) is 0 Å². The second-order valence-corrected chi connectivity index (χ2v) is 22.1. The van der Waals surface area contributed by atoms with Gasteiger partial charge in [-0.05, 0) is 122 Å². The Hall–Kier alpha value is -2.03. The molecule has 0 saturated heterocycles. The molecule has 0 amide bonds. The van der Waals surface area contributed by atoms with Crippen molar-refractivity contribution in [1.82, 2.24) is 0 Å². The first kappa shape index (κ1) is 46.1. The van der Waals surface area contributed by atoms with Gasteiger partial charge in [0, 0.05) is 0 Å². The van der Waals surface area contributed by atoms with Gasteiger partial charge in [-0.2, -0.15) is 10.0 Å². The Morgan fingerprint density at radius 2 is 0.596 bits per heavy atom. The van der Waals surface area contributed by atoms with Crippen molar-refractivity contribution in [3.8, 4) is 0 Å². The molecule has 294 valence electrons. The van der Waals surface area contributed by atoms with Gasteiger partial charge in [0.15, 0.2) is 0 Å². The van der Waals surface area contributed by atoms with Crippen molar-refractivity contribution in [2.75, 3.05) is 31.9 Å². The summed E-state index contributed by atoms with van der Waals surface area (Å²) in [6.45, 7) is 38.0. The first-order valence-electron chi connectivity index (χ1n) is 21.4. The Morgan fingerprint density at radius 1 is 0.365 bits per heavy atom. The van der Waals surface area contributed by atoms with Crippen LogP contribution in [0, 0.1) is 0 Å². The van der Waals surface area contributed by atoms with Gasteiger partial charge in [0.2, 0.25) is 0 Å². The maximum absolute atomic E-state index is 2.43. The molecule has 0 aliphatic rings. The topological polar surface area (TPSA) is 0 Å². The minimum atomic E-state index is -1.38. The van der Waals surface area contributed by atoms with Crippen LogP contribution in [-0.2, 0) is 16.2 Å². The molecular formula is C50H84NS+. The average Bonchev–Trinajstić information content (AvgIpc) is 3.11. The summed E-state index contributed by atoms with van der Waals surface area (Å²) in [5.41, 5.74) is 4.66. The van der Waals surface area contributed by atoms with E-state index in [1.165, 1.54) is 132 Å². The zero-order valence-electron chi connectivity index (χ0n) is 36.9. The summed E-state index contributed by atoms with van der Waals surface area (Å²) in [7, 11) is -1.38. The van der Waals surface area contributed by atoms with Crippen LogP contribution in [0.2, 0.25) is 0 Å². The summed E-state index contributed by atoms with van der Waals surface area (Å²) in [5.74, 6) is 1.18. The Kier molecular flexibility index (Phi) is 18.8. The molecule has 0 fully saturated rings. The van der Waals surface area contributed by atoms with E-state index in [1.54, 1.807) is 0 Å². The SMILES string of the molecule is CCCCS(c1ccc(C(C)(C)C)cc1)(c1ccc(C(C)(C)C)cc1)c1ccc(C(C)(C)C)cc1.CCCC[N+](CCCC)(CCCC)CCCC. The van der Waals surface area contributed by atoms with Gasteiger partial charge in [-0.25, -0.2) is 0 Å². The Balaban J connectivity index is 0.000000465. The molecule has 52 heavy (non-hydrogen) atoms. The minimum absolute atomic E-state index is 0.155. The standard InChI is InChI=1S/C34H48S.C16H36N/c1-11-12-25-35(29-19-13-26(14-20-29)32(2,3)4,30-21-15-27(16-22-30)33(5,6)7)31-23-17-28(18-24-31)34(8,9)10;1-5-9-13-17(14-10-6-2,15-11-7-3)16-12-8-4/h13-24H,11-12,25H2,1-10H3;5-16H2,1-4H3/q;+1. The van der Waals surface area contributed by atoms with E-state index in [2.05, 4.69) is 170 Å². The summed E-state index contributed by atoms with van der Waals surface area (Å²) in [4.78, 5) is 4.43. The van der Waals surface area contributed by atoms with Gasteiger partial charge in [0.1, 0.15) is 0 Å². The number of quaternary nitrogens is 1. The number of hydrogen-bond donors (Lipinski definition) is 0. The molecule has 0 atom stereocenters. The number of unbranched alkanes of at least 4 members (excludes halogenated alkanes) is 5. The van der Waals surface area contributed by atoms with Crippen LogP contribution in [0.3, 0.4) is 0 Å². The van der Waals surface area contributed by atoms with Gasteiger partial charge < -0.3 is 4.48 Å². The monoisotopic (exact) mass is 731 g/mol. The molecule has 0 heterocycles. The summed E-state index contributed by atoms with van der Waals surface area (Å²) in [5, 5.41) is 0. The highest BCUT2D eigenvalue weighted by atomic mass is 32.3. The first-order valence-corrected chi connectivity index (χ1v) is 23.2. The number of hydrogen-bond acceptors (Lipinski definition) is 0. The fraction of sp³-hybridized carbons (Fsp3) is 0.640. The summed E-state index contributed by atoms with van der Waals surface area (Å²) < 4.78 is 1.42. The van der Waals surface area contributed by atoms with E-state index < -0.39 is 10.0 Å². The average molecular weight is 731 g/mol. The van der Waals surface area contributed by atoms with Crippen LogP contribution in [-0.4, -0.2) is 36.4 Å². The molecule has 0 bridgehead atoms. The van der Waals surface area contributed by atoms with Gasteiger partial charge in [0.05, 0.1) is 26.2 Å². The molecule has 0 saturated carbocycles. The van der Waals surface area contributed by atoms with Crippen molar-refractivity contribution in [2.45, 2.75) is 192 Å². The lowest BCUT2D eigenvalue weighted by atomic mass is 9.87. The summed E-state index contributed by atoms with van der Waals surface area (Å²) in [6.07, 6.45) is 13.5. The third kappa shape index (κ3) is 13.4. The molecule has 0 unspecified atom stereocenters. The molecule has 3 rings (SSSR count). The van der Waals surface area contributed by atoms with Crippen LogP contribution in [0.4, 0.5) is 0 Å². The fourth-order valence-electron chi connectivity index (χ4n) is 7.33. The Labute approximate surface area is 326 Å². The fourth-order valence-corrected chi connectivity index (χ4v) is 11.4. The molecule has 0 aliphatic carbocycles. The van der Waals surface area contributed by atoms with E-state index in [1.807, 2.05) is 0 Å². The van der Waals surface area contributed by atoms with E-state index in [4.69, 9.17) is 0 Å². The van der Waals surface area contributed by atoms with Gasteiger partial charge >= 0.3 is 0 Å². The lowest BCUT2D eigenvalue weighted by Crippen LogP contribution is -2.50. The van der Waals surface area contributed by atoms with E-state index in [0.717, 1.165) is 0 Å². The van der Waals surface area contributed by atoms with Crippen LogP contribution in [0.25, 0.3) is 0 Å². The molecule has 1 nitrogen and oxygen atoms in total. The molecule has 0 radical (unpaired) electrons. The number of rotatable bonds is 18. The van der Waals surface area contributed by atoms with Crippen LogP contribution in [0.5, 0.6) is 0 Å². The smallest absolute Gasteiger partial charge is 0.0786 e. The van der Waals surface area contributed by atoms with E-state index in [0.29, 0.717) is 0 Å². The quantitative estimate of drug-likeness (QED) is 0.114. The van der Waals surface area contributed by atoms with E-state index in [9.17, 15) is 0 Å².